The first-order valence-corrected chi connectivity index (χ1v) is 8.26. The number of rotatable bonds is 8. The molecule has 0 saturated heterocycles. The van der Waals surface area contributed by atoms with E-state index in [1.54, 1.807) is 24.3 Å². The molecule has 7 heteroatoms. The summed E-state index contributed by atoms with van der Waals surface area (Å²) < 4.78 is 30.0. The van der Waals surface area contributed by atoms with E-state index in [9.17, 15) is 13.2 Å². The first kappa shape index (κ1) is 16.5. The van der Waals surface area contributed by atoms with Gasteiger partial charge in [-0.2, -0.15) is 0 Å². The van der Waals surface area contributed by atoms with Crippen molar-refractivity contribution in [2.24, 2.45) is 0 Å². The Kier molecular flexibility index (Phi) is 6.47. The standard InChI is InChI=1S/C13H20N2O4S/c1-3-19-10-6-9-13(16)14-11-7-4-5-8-12(11)15-20(2,17)18/h4-5,7-8,15H,3,6,9-10H2,1-2H3,(H,14,16). The Hall–Kier alpha value is -1.60. The van der Waals surface area contributed by atoms with Gasteiger partial charge < -0.3 is 10.1 Å². The predicted molar refractivity (Wildman–Crippen MR) is 79.3 cm³/mol. The zero-order valence-electron chi connectivity index (χ0n) is 11.7. The van der Waals surface area contributed by atoms with Crippen LogP contribution in [0, 0.1) is 0 Å². The molecule has 0 saturated carbocycles. The van der Waals surface area contributed by atoms with Crippen molar-refractivity contribution >= 4 is 27.3 Å². The molecule has 0 aliphatic carbocycles. The zero-order chi connectivity index (χ0) is 15.0. The van der Waals surface area contributed by atoms with Gasteiger partial charge in [0, 0.05) is 19.6 Å². The summed E-state index contributed by atoms with van der Waals surface area (Å²) in [5.41, 5.74) is 0.799. The summed E-state index contributed by atoms with van der Waals surface area (Å²) in [6, 6.07) is 6.66. The van der Waals surface area contributed by atoms with Crippen LogP contribution in [-0.4, -0.2) is 33.8 Å². The molecule has 0 fully saturated rings. The van der Waals surface area contributed by atoms with Crippen molar-refractivity contribution in [3.63, 3.8) is 0 Å². The van der Waals surface area contributed by atoms with Crippen molar-refractivity contribution in [2.75, 3.05) is 29.5 Å². The van der Waals surface area contributed by atoms with Crippen LogP contribution >= 0.6 is 0 Å². The number of sulfonamides is 1. The Bertz CT molecular complexity index is 543. The number of benzene rings is 1. The molecule has 0 spiro atoms. The SMILES string of the molecule is CCOCCCC(=O)Nc1ccccc1NS(C)(=O)=O. The lowest BCUT2D eigenvalue weighted by Crippen LogP contribution is -2.16. The van der Waals surface area contributed by atoms with Gasteiger partial charge in [-0.15, -0.1) is 0 Å². The minimum absolute atomic E-state index is 0.174. The molecule has 1 aromatic carbocycles. The van der Waals surface area contributed by atoms with Crippen LogP contribution in [0.1, 0.15) is 19.8 Å². The molecule has 1 rings (SSSR count). The van der Waals surface area contributed by atoms with Gasteiger partial charge in [0.1, 0.15) is 0 Å². The maximum absolute atomic E-state index is 11.7. The summed E-state index contributed by atoms with van der Waals surface area (Å²) in [6.45, 7) is 3.06. The smallest absolute Gasteiger partial charge is 0.229 e. The Balaban J connectivity index is 2.61. The summed E-state index contributed by atoms with van der Waals surface area (Å²) in [4.78, 5) is 11.7. The molecule has 0 aliphatic heterocycles. The summed E-state index contributed by atoms with van der Waals surface area (Å²) in [6.07, 6.45) is 2.02. The second-order valence-corrected chi connectivity index (χ2v) is 6.02. The van der Waals surface area contributed by atoms with E-state index in [0.717, 1.165) is 6.26 Å². The summed E-state index contributed by atoms with van der Waals surface area (Å²) in [7, 11) is -3.38. The lowest BCUT2D eigenvalue weighted by molar-refractivity contribution is -0.116. The number of hydrogen-bond acceptors (Lipinski definition) is 4. The van der Waals surface area contributed by atoms with E-state index in [4.69, 9.17) is 4.74 Å². The third-order valence-electron chi connectivity index (χ3n) is 2.39. The number of para-hydroxylation sites is 2. The van der Waals surface area contributed by atoms with Gasteiger partial charge in [-0.25, -0.2) is 8.42 Å². The van der Waals surface area contributed by atoms with E-state index in [0.29, 0.717) is 37.4 Å². The van der Waals surface area contributed by atoms with E-state index in [1.165, 1.54) is 0 Å². The molecule has 2 N–H and O–H groups in total. The molecule has 1 aromatic rings. The van der Waals surface area contributed by atoms with Gasteiger partial charge in [0.15, 0.2) is 0 Å². The second-order valence-electron chi connectivity index (χ2n) is 4.27. The van der Waals surface area contributed by atoms with E-state index in [2.05, 4.69) is 10.0 Å². The maximum atomic E-state index is 11.7. The fraction of sp³-hybridized carbons (Fsp3) is 0.462. The van der Waals surface area contributed by atoms with Crippen LogP contribution in [0.3, 0.4) is 0 Å². The van der Waals surface area contributed by atoms with Gasteiger partial charge >= 0.3 is 0 Å². The van der Waals surface area contributed by atoms with E-state index >= 15 is 0 Å². The van der Waals surface area contributed by atoms with E-state index in [-0.39, 0.29) is 5.91 Å². The highest BCUT2D eigenvalue weighted by Gasteiger charge is 2.09. The third-order valence-corrected chi connectivity index (χ3v) is 2.98. The van der Waals surface area contributed by atoms with E-state index in [1.807, 2.05) is 6.92 Å². The molecule has 0 unspecified atom stereocenters. The van der Waals surface area contributed by atoms with Crippen molar-refractivity contribution in [3.05, 3.63) is 24.3 Å². The summed E-state index contributed by atoms with van der Waals surface area (Å²) in [5, 5.41) is 2.69. The monoisotopic (exact) mass is 300 g/mol. The van der Waals surface area contributed by atoms with Crippen molar-refractivity contribution < 1.29 is 17.9 Å². The molecule has 112 valence electrons. The number of carbonyl (C=O) groups excluding carboxylic acids is 1. The lowest BCUT2D eigenvalue weighted by Gasteiger charge is -2.11. The molecule has 0 radical (unpaired) electrons. The highest BCUT2D eigenvalue weighted by Crippen LogP contribution is 2.22. The largest absolute Gasteiger partial charge is 0.382 e. The Morgan fingerprint density at radius 3 is 2.50 bits per heavy atom. The molecular weight excluding hydrogens is 280 g/mol. The van der Waals surface area contributed by atoms with Crippen LogP contribution in [0.15, 0.2) is 24.3 Å². The Morgan fingerprint density at radius 1 is 1.25 bits per heavy atom. The third kappa shape index (κ3) is 6.53. The molecule has 1 amide bonds. The highest BCUT2D eigenvalue weighted by molar-refractivity contribution is 7.92. The van der Waals surface area contributed by atoms with Gasteiger partial charge in [0.2, 0.25) is 15.9 Å². The fourth-order valence-corrected chi connectivity index (χ4v) is 2.15. The van der Waals surface area contributed by atoms with Gasteiger partial charge in [-0.1, -0.05) is 12.1 Å². The van der Waals surface area contributed by atoms with Crippen molar-refractivity contribution in [2.45, 2.75) is 19.8 Å². The average molecular weight is 300 g/mol. The number of hydrogen-bond donors (Lipinski definition) is 2. The number of ether oxygens (including phenoxy) is 1. The predicted octanol–water partition coefficient (Wildman–Crippen LogP) is 1.81. The van der Waals surface area contributed by atoms with Crippen LogP contribution in [0.25, 0.3) is 0 Å². The van der Waals surface area contributed by atoms with Gasteiger partial charge in [-0.05, 0) is 25.5 Å². The molecule has 20 heavy (non-hydrogen) atoms. The van der Waals surface area contributed by atoms with Gasteiger partial charge in [-0.3, -0.25) is 9.52 Å². The summed E-state index contributed by atoms with van der Waals surface area (Å²) >= 11 is 0. The molecule has 0 aromatic heterocycles. The van der Waals surface area contributed by atoms with Crippen LogP contribution in [-0.2, 0) is 19.6 Å². The molecule has 0 heterocycles. The number of amides is 1. The van der Waals surface area contributed by atoms with Crippen LogP contribution in [0.5, 0.6) is 0 Å². The molecule has 6 nitrogen and oxygen atoms in total. The van der Waals surface area contributed by atoms with Crippen molar-refractivity contribution in [1.82, 2.24) is 0 Å². The van der Waals surface area contributed by atoms with Crippen LogP contribution in [0.4, 0.5) is 11.4 Å². The van der Waals surface area contributed by atoms with Gasteiger partial charge in [0.25, 0.3) is 0 Å². The molecular formula is C13H20N2O4S. The van der Waals surface area contributed by atoms with Gasteiger partial charge in [0.05, 0.1) is 17.6 Å². The van der Waals surface area contributed by atoms with Crippen molar-refractivity contribution in [3.8, 4) is 0 Å². The minimum atomic E-state index is -3.38. The normalized spacial score (nSPS) is 11.1. The second kappa shape index (κ2) is 7.86. The number of anilines is 2. The molecule has 0 atom stereocenters. The number of carbonyl (C=O) groups is 1. The number of nitrogens with one attached hydrogen (secondary N) is 2. The lowest BCUT2D eigenvalue weighted by atomic mass is 10.2. The van der Waals surface area contributed by atoms with Crippen LogP contribution in [0.2, 0.25) is 0 Å². The average Bonchev–Trinajstić information content (AvgIpc) is 2.35. The van der Waals surface area contributed by atoms with E-state index < -0.39 is 10.0 Å². The Labute approximate surface area is 119 Å². The molecule has 0 bridgehead atoms. The van der Waals surface area contributed by atoms with Crippen LogP contribution < -0.4 is 10.0 Å². The first-order valence-electron chi connectivity index (χ1n) is 6.37. The highest BCUT2D eigenvalue weighted by atomic mass is 32.2. The maximum Gasteiger partial charge on any atom is 0.229 e. The topological polar surface area (TPSA) is 84.5 Å². The van der Waals surface area contributed by atoms with Crippen molar-refractivity contribution in [1.29, 1.82) is 0 Å². The first-order chi connectivity index (χ1) is 9.42. The minimum Gasteiger partial charge on any atom is -0.382 e. The summed E-state index contributed by atoms with van der Waals surface area (Å²) in [5.74, 6) is -0.174. The Morgan fingerprint density at radius 2 is 1.90 bits per heavy atom. The quantitative estimate of drug-likeness (QED) is 0.717. The fourth-order valence-electron chi connectivity index (χ4n) is 1.57. The zero-order valence-corrected chi connectivity index (χ0v) is 12.5. The molecule has 0 aliphatic rings.